The summed E-state index contributed by atoms with van der Waals surface area (Å²) in [5, 5.41) is -0.143. The average molecular weight is 338 g/mol. The fourth-order valence-electron chi connectivity index (χ4n) is 3.59. The molecule has 8 heteroatoms. The van der Waals surface area contributed by atoms with Gasteiger partial charge in [0.15, 0.2) is 0 Å². The Morgan fingerprint density at radius 1 is 1.35 bits per heavy atom. The standard InChI is InChI=1S/C15H22N4O3S/c1-18(14-16-6-2-7-17-14)12-9-15(22-10-12)5-8-19(11-15)23(20,21)13-3-4-13/h2,6-7,12-13H,3-5,8-11H2,1H3/t12-,15-/m1/s1. The molecule has 1 aromatic rings. The molecule has 126 valence electrons. The van der Waals surface area contributed by atoms with Crippen molar-refractivity contribution >= 4 is 16.0 Å². The lowest BCUT2D eigenvalue weighted by Crippen LogP contribution is -2.39. The molecular weight excluding hydrogens is 316 g/mol. The Bertz CT molecular complexity index is 679. The Kier molecular flexibility index (Phi) is 3.58. The number of likely N-dealkylation sites (N-methyl/N-ethyl adjacent to an activating group) is 1. The van der Waals surface area contributed by atoms with Crippen LogP contribution in [0, 0.1) is 0 Å². The summed E-state index contributed by atoms with van der Waals surface area (Å²) in [7, 11) is -1.14. The van der Waals surface area contributed by atoms with Crippen molar-refractivity contribution < 1.29 is 13.2 Å². The van der Waals surface area contributed by atoms with Gasteiger partial charge >= 0.3 is 0 Å². The minimum Gasteiger partial charge on any atom is -0.371 e. The van der Waals surface area contributed by atoms with Crippen molar-refractivity contribution in [1.29, 1.82) is 0 Å². The van der Waals surface area contributed by atoms with E-state index in [-0.39, 0.29) is 16.9 Å². The molecule has 2 aliphatic heterocycles. The molecule has 3 aliphatic rings. The molecule has 2 atom stereocenters. The Morgan fingerprint density at radius 2 is 2.09 bits per heavy atom. The molecule has 23 heavy (non-hydrogen) atoms. The van der Waals surface area contributed by atoms with Crippen molar-refractivity contribution in [1.82, 2.24) is 14.3 Å². The van der Waals surface area contributed by atoms with Crippen molar-refractivity contribution in [2.24, 2.45) is 0 Å². The van der Waals surface area contributed by atoms with E-state index < -0.39 is 10.0 Å². The van der Waals surface area contributed by atoms with Gasteiger partial charge in [-0.3, -0.25) is 0 Å². The molecule has 3 fully saturated rings. The molecule has 0 unspecified atom stereocenters. The topological polar surface area (TPSA) is 75.6 Å². The molecule has 0 amide bonds. The molecule has 0 radical (unpaired) electrons. The Labute approximate surface area is 136 Å². The second-order valence-electron chi connectivity index (χ2n) is 6.84. The molecule has 0 aromatic carbocycles. The van der Waals surface area contributed by atoms with E-state index in [1.165, 1.54) is 0 Å². The second kappa shape index (κ2) is 5.39. The molecule has 7 nitrogen and oxygen atoms in total. The molecule has 4 rings (SSSR count). The van der Waals surface area contributed by atoms with Crippen LogP contribution in [0.4, 0.5) is 5.95 Å². The summed E-state index contributed by atoms with van der Waals surface area (Å²) in [4.78, 5) is 10.6. The van der Waals surface area contributed by atoms with Gasteiger partial charge in [0.1, 0.15) is 0 Å². The first-order chi connectivity index (χ1) is 11.0. The van der Waals surface area contributed by atoms with Crippen LogP contribution in [0.3, 0.4) is 0 Å². The highest BCUT2D eigenvalue weighted by atomic mass is 32.2. The molecule has 1 spiro atoms. The molecule has 0 N–H and O–H groups in total. The summed E-state index contributed by atoms with van der Waals surface area (Å²) in [6, 6.07) is 1.97. The SMILES string of the molecule is CN(c1ncccn1)[C@H]1CO[C@]2(CCN(S(=O)(=O)C3CC3)C2)C1. The van der Waals surface area contributed by atoms with Gasteiger partial charge in [-0.15, -0.1) is 0 Å². The van der Waals surface area contributed by atoms with E-state index in [9.17, 15) is 8.42 Å². The van der Waals surface area contributed by atoms with E-state index in [0.29, 0.717) is 25.6 Å². The van der Waals surface area contributed by atoms with Gasteiger partial charge in [-0.1, -0.05) is 0 Å². The van der Waals surface area contributed by atoms with Crippen LogP contribution in [-0.4, -0.2) is 66.3 Å². The highest BCUT2D eigenvalue weighted by Crippen LogP contribution is 2.41. The smallest absolute Gasteiger partial charge is 0.225 e. The van der Waals surface area contributed by atoms with Crippen molar-refractivity contribution in [3.8, 4) is 0 Å². The van der Waals surface area contributed by atoms with Gasteiger partial charge in [0, 0.05) is 39.0 Å². The quantitative estimate of drug-likeness (QED) is 0.802. The fourth-order valence-corrected chi connectivity index (χ4v) is 5.51. The predicted octanol–water partition coefficient (Wildman–Crippen LogP) is 0.638. The van der Waals surface area contributed by atoms with E-state index in [2.05, 4.69) is 9.97 Å². The zero-order chi connectivity index (χ0) is 16.1. The first kappa shape index (κ1) is 15.3. The number of ether oxygens (including phenoxy) is 1. The van der Waals surface area contributed by atoms with Crippen LogP contribution in [0.2, 0.25) is 0 Å². The molecule has 0 bridgehead atoms. The van der Waals surface area contributed by atoms with E-state index in [1.54, 1.807) is 22.8 Å². The monoisotopic (exact) mass is 338 g/mol. The van der Waals surface area contributed by atoms with E-state index in [4.69, 9.17) is 4.74 Å². The van der Waals surface area contributed by atoms with Gasteiger partial charge in [-0.25, -0.2) is 18.4 Å². The number of sulfonamides is 1. The van der Waals surface area contributed by atoms with Gasteiger partial charge in [0.05, 0.1) is 23.5 Å². The number of aromatic nitrogens is 2. The molecule has 1 aliphatic carbocycles. The number of hydrogen-bond donors (Lipinski definition) is 0. The average Bonchev–Trinajstić information content (AvgIpc) is 3.24. The third kappa shape index (κ3) is 2.72. The molecule has 3 heterocycles. The van der Waals surface area contributed by atoms with Gasteiger partial charge < -0.3 is 9.64 Å². The fraction of sp³-hybridized carbons (Fsp3) is 0.733. The number of hydrogen-bond acceptors (Lipinski definition) is 6. The summed E-state index contributed by atoms with van der Waals surface area (Å²) in [5.74, 6) is 0.679. The molecule has 1 aromatic heterocycles. The summed E-state index contributed by atoms with van der Waals surface area (Å²) in [6.07, 6.45) is 6.66. The largest absolute Gasteiger partial charge is 0.371 e. The normalized spacial score (nSPS) is 31.8. The molecular formula is C15H22N4O3S. The second-order valence-corrected chi connectivity index (χ2v) is 9.05. The highest BCUT2D eigenvalue weighted by Gasteiger charge is 2.52. The minimum absolute atomic E-state index is 0.143. The lowest BCUT2D eigenvalue weighted by molar-refractivity contribution is 0.0171. The summed E-state index contributed by atoms with van der Waals surface area (Å²) >= 11 is 0. The minimum atomic E-state index is -3.10. The van der Waals surface area contributed by atoms with Crippen LogP contribution in [-0.2, 0) is 14.8 Å². The summed E-state index contributed by atoms with van der Waals surface area (Å²) in [6.45, 7) is 1.66. The van der Waals surface area contributed by atoms with E-state index in [0.717, 1.165) is 25.7 Å². The van der Waals surface area contributed by atoms with Crippen LogP contribution in [0.15, 0.2) is 18.5 Å². The Hall–Kier alpha value is -1.25. The van der Waals surface area contributed by atoms with Crippen molar-refractivity contribution in [3.05, 3.63) is 18.5 Å². The van der Waals surface area contributed by atoms with E-state index >= 15 is 0 Å². The van der Waals surface area contributed by atoms with Crippen molar-refractivity contribution in [2.45, 2.75) is 42.6 Å². The Balaban J connectivity index is 1.44. The lowest BCUT2D eigenvalue weighted by atomic mass is 9.97. The first-order valence-electron chi connectivity index (χ1n) is 8.13. The van der Waals surface area contributed by atoms with Crippen LogP contribution >= 0.6 is 0 Å². The first-order valence-corrected chi connectivity index (χ1v) is 9.63. The maximum absolute atomic E-state index is 12.4. The van der Waals surface area contributed by atoms with Crippen molar-refractivity contribution in [3.63, 3.8) is 0 Å². The lowest BCUT2D eigenvalue weighted by Gasteiger charge is -2.26. The van der Waals surface area contributed by atoms with Gasteiger partial charge in [0.2, 0.25) is 16.0 Å². The van der Waals surface area contributed by atoms with Crippen molar-refractivity contribution in [2.75, 3.05) is 31.6 Å². The molecule has 2 saturated heterocycles. The van der Waals surface area contributed by atoms with Crippen LogP contribution in [0.5, 0.6) is 0 Å². The predicted molar refractivity (Wildman–Crippen MR) is 85.7 cm³/mol. The highest BCUT2D eigenvalue weighted by molar-refractivity contribution is 7.90. The number of anilines is 1. The van der Waals surface area contributed by atoms with Gasteiger partial charge in [-0.05, 0) is 25.3 Å². The van der Waals surface area contributed by atoms with Crippen LogP contribution in [0.25, 0.3) is 0 Å². The Morgan fingerprint density at radius 3 is 2.78 bits per heavy atom. The summed E-state index contributed by atoms with van der Waals surface area (Å²) < 4.78 is 32.5. The van der Waals surface area contributed by atoms with Crippen LogP contribution < -0.4 is 4.90 Å². The van der Waals surface area contributed by atoms with E-state index in [1.807, 2.05) is 11.9 Å². The third-order valence-electron chi connectivity index (χ3n) is 5.19. The number of nitrogens with zero attached hydrogens (tertiary/aromatic N) is 4. The maximum atomic E-state index is 12.4. The zero-order valence-corrected chi connectivity index (χ0v) is 14.1. The number of rotatable bonds is 4. The van der Waals surface area contributed by atoms with Gasteiger partial charge in [0.25, 0.3) is 0 Å². The maximum Gasteiger partial charge on any atom is 0.225 e. The van der Waals surface area contributed by atoms with Gasteiger partial charge in [-0.2, -0.15) is 4.31 Å². The zero-order valence-electron chi connectivity index (χ0n) is 13.3. The van der Waals surface area contributed by atoms with Crippen LogP contribution in [0.1, 0.15) is 25.7 Å². The molecule has 1 saturated carbocycles. The third-order valence-corrected chi connectivity index (χ3v) is 7.54. The summed E-state index contributed by atoms with van der Waals surface area (Å²) in [5.41, 5.74) is -0.338.